The summed E-state index contributed by atoms with van der Waals surface area (Å²) in [6.07, 6.45) is 3.51. The van der Waals surface area contributed by atoms with Gasteiger partial charge in [-0.15, -0.1) is 0 Å². The molecule has 0 bridgehead atoms. The van der Waals surface area contributed by atoms with E-state index in [4.69, 9.17) is 0 Å². The number of aldehydes is 1. The molecule has 0 aliphatic heterocycles. The van der Waals surface area contributed by atoms with Crippen LogP contribution < -0.4 is 0 Å². The molecule has 0 fully saturated rings. The summed E-state index contributed by atoms with van der Waals surface area (Å²) in [7, 11) is 0. The number of H-pyrrole nitrogens is 1. The highest BCUT2D eigenvalue weighted by atomic mass is 16.1. The van der Waals surface area contributed by atoms with E-state index in [1.807, 2.05) is 24.3 Å². The summed E-state index contributed by atoms with van der Waals surface area (Å²) in [6.45, 7) is 17.8. The number of carbonyl (C=O) groups excluding carboxylic acids is 1. The Morgan fingerprint density at radius 1 is 0.867 bits per heavy atom. The van der Waals surface area contributed by atoms with Crippen LogP contribution in [-0.2, 0) is 5.41 Å². The second-order valence-corrected chi connectivity index (χ2v) is 8.94. The normalized spacial score (nSPS) is 13.3. The number of carbonyl (C=O) groups is 1. The summed E-state index contributed by atoms with van der Waals surface area (Å²) in [5.41, 5.74) is 13.1. The third-order valence-electron chi connectivity index (χ3n) is 6.77. The number of hydrogen-bond acceptors (Lipinski definition) is 2. The number of nitrogens with one attached hydrogen (secondary N) is 1. The highest BCUT2D eigenvalue weighted by Crippen LogP contribution is 2.54. The fraction of sp³-hybridized carbons (Fsp3) is 0.407. The number of unbranched alkanes of at least 4 members (excludes halogenated alkanes) is 1. The molecule has 0 atom stereocenters. The molecule has 30 heavy (non-hydrogen) atoms. The number of rotatable bonds is 3. The SMILES string of the molecule is CCCC.Cc1c(C)c(C)c2c(c1C)-c1[nH]nc(-c3ccc(C=O)cc3)c1C2(C)C. The van der Waals surface area contributed by atoms with Gasteiger partial charge in [0, 0.05) is 27.7 Å². The van der Waals surface area contributed by atoms with E-state index in [0.717, 1.165) is 23.2 Å². The first-order chi connectivity index (χ1) is 14.2. The summed E-state index contributed by atoms with van der Waals surface area (Å²) in [5.74, 6) is 0. The Labute approximate surface area is 180 Å². The third-order valence-corrected chi connectivity index (χ3v) is 6.77. The van der Waals surface area contributed by atoms with Gasteiger partial charge >= 0.3 is 0 Å². The molecule has 1 aliphatic carbocycles. The van der Waals surface area contributed by atoms with Crippen molar-refractivity contribution in [1.29, 1.82) is 0 Å². The van der Waals surface area contributed by atoms with Crippen molar-refractivity contribution in [2.45, 2.75) is 73.6 Å². The Morgan fingerprint density at radius 3 is 1.97 bits per heavy atom. The molecular formula is C27H34N2O. The number of aromatic nitrogens is 2. The fourth-order valence-electron chi connectivity index (χ4n) is 4.59. The largest absolute Gasteiger partial charge is 0.298 e. The van der Waals surface area contributed by atoms with Crippen molar-refractivity contribution >= 4 is 6.29 Å². The first-order valence-electron chi connectivity index (χ1n) is 11.0. The number of benzene rings is 2. The highest BCUT2D eigenvalue weighted by molar-refractivity contribution is 5.88. The zero-order valence-corrected chi connectivity index (χ0v) is 19.7. The Hall–Kier alpha value is -2.68. The molecular weight excluding hydrogens is 368 g/mol. The van der Waals surface area contributed by atoms with Gasteiger partial charge in [-0.3, -0.25) is 9.89 Å². The van der Waals surface area contributed by atoms with Crippen molar-refractivity contribution in [3.05, 3.63) is 63.2 Å². The molecule has 0 radical (unpaired) electrons. The van der Waals surface area contributed by atoms with E-state index in [0.29, 0.717) is 5.56 Å². The van der Waals surface area contributed by atoms with Crippen molar-refractivity contribution < 1.29 is 4.79 Å². The van der Waals surface area contributed by atoms with Crippen molar-refractivity contribution in [2.75, 3.05) is 0 Å². The molecule has 3 aromatic rings. The van der Waals surface area contributed by atoms with Gasteiger partial charge in [0.2, 0.25) is 0 Å². The molecule has 0 unspecified atom stereocenters. The van der Waals surface area contributed by atoms with Gasteiger partial charge in [0.1, 0.15) is 6.29 Å². The summed E-state index contributed by atoms with van der Waals surface area (Å²) in [4.78, 5) is 11.0. The molecule has 3 nitrogen and oxygen atoms in total. The third kappa shape index (κ3) is 3.30. The quantitative estimate of drug-likeness (QED) is 0.469. The summed E-state index contributed by atoms with van der Waals surface area (Å²) < 4.78 is 0. The number of hydrogen-bond donors (Lipinski definition) is 1. The van der Waals surface area contributed by atoms with Crippen molar-refractivity contribution in [2.24, 2.45) is 0 Å². The molecule has 4 rings (SSSR count). The van der Waals surface area contributed by atoms with Crippen LogP contribution >= 0.6 is 0 Å². The lowest BCUT2D eigenvalue weighted by Crippen LogP contribution is -2.18. The van der Waals surface area contributed by atoms with Crippen LogP contribution in [0, 0.1) is 27.7 Å². The van der Waals surface area contributed by atoms with E-state index in [2.05, 4.69) is 65.6 Å². The average Bonchev–Trinajstić information content (AvgIpc) is 3.28. The van der Waals surface area contributed by atoms with Crippen LogP contribution in [0.5, 0.6) is 0 Å². The first kappa shape index (κ1) is 22.0. The van der Waals surface area contributed by atoms with Gasteiger partial charge < -0.3 is 0 Å². The van der Waals surface area contributed by atoms with E-state index >= 15 is 0 Å². The van der Waals surface area contributed by atoms with Gasteiger partial charge in [0.25, 0.3) is 0 Å². The lowest BCUT2D eigenvalue weighted by Gasteiger charge is -2.26. The van der Waals surface area contributed by atoms with Crippen LogP contribution in [-0.4, -0.2) is 16.5 Å². The highest BCUT2D eigenvalue weighted by Gasteiger charge is 2.42. The molecule has 2 aromatic carbocycles. The van der Waals surface area contributed by atoms with Gasteiger partial charge in [0.05, 0.1) is 11.4 Å². The standard InChI is InChI=1S/C23H24N2O.C4H10/c1-12-13(2)15(4)19-18(14(12)3)22-20(23(19,5)6)21(24-25-22)17-9-7-16(11-26)8-10-17;1-3-4-2/h7-11H,1-6H3,(H,24,25);3-4H2,1-2H3. The Morgan fingerprint density at radius 2 is 1.43 bits per heavy atom. The van der Waals surface area contributed by atoms with Gasteiger partial charge in [-0.05, 0) is 55.5 Å². The smallest absolute Gasteiger partial charge is 0.150 e. The minimum absolute atomic E-state index is 0.121. The lowest BCUT2D eigenvalue weighted by molar-refractivity contribution is 0.112. The summed E-state index contributed by atoms with van der Waals surface area (Å²) in [5, 5.41) is 7.99. The zero-order chi connectivity index (χ0) is 22.2. The minimum atomic E-state index is -0.121. The topological polar surface area (TPSA) is 45.8 Å². The zero-order valence-electron chi connectivity index (χ0n) is 19.7. The maximum Gasteiger partial charge on any atom is 0.150 e. The van der Waals surface area contributed by atoms with E-state index < -0.39 is 0 Å². The van der Waals surface area contributed by atoms with Crippen molar-refractivity contribution in [1.82, 2.24) is 10.2 Å². The Kier molecular flexibility index (Phi) is 6.03. The van der Waals surface area contributed by atoms with E-state index in [9.17, 15) is 4.79 Å². The molecule has 1 aliphatic rings. The molecule has 1 aromatic heterocycles. The predicted octanol–water partition coefficient (Wildman–Crippen LogP) is 7.24. The average molecular weight is 403 g/mol. The predicted molar refractivity (Wildman–Crippen MR) is 127 cm³/mol. The molecule has 1 N–H and O–H groups in total. The van der Waals surface area contributed by atoms with Gasteiger partial charge in [-0.2, -0.15) is 5.10 Å². The molecule has 3 heteroatoms. The van der Waals surface area contributed by atoms with Crippen LogP contribution in [0.4, 0.5) is 0 Å². The van der Waals surface area contributed by atoms with Gasteiger partial charge in [0.15, 0.2) is 0 Å². The summed E-state index contributed by atoms with van der Waals surface area (Å²) >= 11 is 0. The monoisotopic (exact) mass is 402 g/mol. The molecule has 0 spiro atoms. The minimum Gasteiger partial charge on any atom is -0.298 e. The van der Waals surface area contributed by atoms with E-state index in [-0.39, 0.29) is 5.41 Å². The Balaban J connectivity index is 0.000000589. The molecule has 0 amide bonds. The summed E-state index contributed by atoms with van der Waals surface area (Å²) in [6, 6.07) is 7.66. The van der Waals surface area contributed by atoms with Crippen LogP contribution in [0.15, 0.2) is 24.3 Å². The molecule has 0 saturated carbocycles. The molecule has 1 heterocycles. The second kappa shape index (κ2) is 8.22. The number of nitrogens with zero attached hydrogens (tertiary/aromatic N) is 1. The second-order valence-electron chi connectivity index (χ2n) is 8.94. The fourth-order valence-corrected chi connectivity index (χ4v) is 4.59. The Bertz CT molecular complexity index is 1080. The van der Waals surface area contributed by atoms with Crippen LogP contribution in [0.25, 0.3) is 22.5 Å². The van der Waals surface area contributed by atoms with Crippen LogP contribution in [0.2, 0.25) is 0 Å². The van der Waals surface area contributed by atoms with Crippen LogP contribution in [0.1, 0.15) is 84.3 Å². The first-order valence-corrected chi connectivity index (χ1v) is 11.0. The lowest BCUT2D eigenvalue weighted by atomic mass is 9.77. The van der Waals surface area contributed by atoms with Gasteiger partial charge in [-0.25, -0.2) is 0 Å². The van der Waals surface area contributed by atoms with Crippen molar-refractivity contribution in [3.63, 3.8) is 0 Å². The number of fused-ring (bicyclic) bond motifs is 3. The maximum absolute atomic E-state index is 11.0. The van der Waals surface area contributed by atoms with E-state index in [1.54, 1.807) is 0 Å². The van der Waals surface area contributed by atoms with Crippen molar-refractivity contribution in [3.8, 4) is 22.5 Å². The van der Waals surface area contributed by atoms with Gasteiger partial charge in [-0.1, -0.05) is 64.8 Å². The van der Waals surface area contributed by atoms with E-state index in [1.165, 1.54) is 51.8 Å². The molecule has 0 saturated heterocycles. The number of aromatic amines is 1. The maximum atomic E-state index is 11.0. The van der Waals surface area contributed by atoms with Crippen LogP contribution in [0.3, 0.4) is 0 Å². The molecule has 158 valence electrons.